The van der Waals surface area contributed by atoms with Gasteiger partial charge >= 0.3 is 0 Å². The van der Waals surface area contributed by atoms with Crippen LogP contribution in [0.15, 0.2) is 18.2 Å². The lowest BCUT2D eigenvalue weighted by Gasteiger charge is -2.06. The van der Waals surface area contributed by atoms with Crippen LogP contribution in [0.25, 0.3) is 0 Å². The molecule has 0 aliphatic heterocycles. The Labute approximate surface area is 99.0 Å². The van der Waals surface area contributed by atoms with E-state index in [4.69, 9.17) is 6.42 Å². The van der Waals surface area contributed by atoms with E-state index in [2.05, 4.69) is 11.2 Å². The third-order valence-electron chi connectivity index (χ3n) is 2.22. The van der Waals surface area contributed by atoms with Gasteiger partial charge in [-0.1, -0.05) is 6.07 Å². The number of unbranched alkanes of at least 4 members (excludes halogenated alkanes) is 2. The van der Waals surface area contributed by atoms with Gasteiger partial charge in [0.05, 0.1) is 0 Å². The highest BCUT2D eigenvalue weighted by atomic mass is 19.1. The number of nitrogens with one attached hydrogen (secondary N) is 1. The number of hydrogen-bond acceptors (Lipinski definition) is 1. The molecule has 1 amide bonds. The summed E-state index contributed by atoms with van der Waals surface area (Å²) in [6, 6.07) is 3.32. The van der Waals surface area contributed by atoms with Gasteiger partial charge in [-0.05, 0) is 25.0 Å². The Hall–Kier alpha value is -1.89. The lowest BCUT2D eigenvalue weighted by atomic mass is 10.2. The fourth-order valence-electron chi connectivity index (χ4n) is 1.36. The predicted molar refractivity (Wildman–Crippen MR) is 61.4 cm³/mol. The first kappa shape index (κ1) is 13.2. The van der Waals surface area contributed by atoms with Crippen molar-refractivity contribution in [2.45, 2.75) is 19.3 Å². The fourth-order valence-corrected chi connectivity index (χ4v) is 1.36. The number of terminal acetylenes is 1. The minimum Gasteiger partial charge on any atom is -0.352 e. The molecule has 1 aromatic rings. The van der Waals surface area contributed by atoms with Crippen LogP contribution in [0.4, 0.5) is 8.78 Å². The Morgan fingerprint density at radius 3 is 2.53 bits per heavy atom. The van der Waals surface area contributed by atoms with Crippen LogP contribution in [-0.4, -0.2) is 12.5 Å². The Morgan fingerprint density at radius 2 is 1.94 bits per heavy atom. The van der Waals surface area contributed by atoms with Gasteiger partial charge in [0.2, 0.25) is 0 Å². The highest BCUT2D eigenvalue weighted by Gasteiger charge is 2.15. The topological polar surface area (TPSA) is 29.1 Å². The molecule has 2 nitrogen and oxygen atoms in total. The van der Waals surface area contributed by atoms with Crippen molar-refractivity contribution in [3.63, 3.8) is 0 Å². The highest BCUT2D eigenvalue weighted by molar-refractivity contribution is 5.94. The molecule has 0 aliphatic rings. The number of carbonyl (C=O) groups excluding carboxylic acids is 1. The summed E-state index contributed by atoms with van der Waals surface area (Å²) >= 11 is 0. The lowest BCUT2D eigenvalue weighted by molar-refractivity contribution is 0.0944. The second-order valence-electron chi connectivity index (χ2n) is 3.51. The van der Waals surface area contributed by atoms with Gasteiger partial charge in [0.15, 0.2) is 0 Å². The van der Waals surface area contributed by atoms with E-state index in [1.54, 1.807) is 0 Å². The molecule has 0 aliphatic carbocycles. The van der Waals surface area contributed by atoms with Crippen LogP contribution in [0.3, 0.4) is 0 Å². The second kappa shape index (κ2) is 6.64. The summed E-state index contributed by atoms with van der Waals surface area (Å²) in [5.74, 6) is 0.0273. The summed E-state index contributed by atoms with van der Waals surface area (Å²) in [4.78, 5) is 11.5. The van der Waals surface area contributed by atoms with E-state index in [0.29, 0.717) is 19.4 Å². The molecule has 4 heteroatoms. The van der Waals surface area contributed by atoms with Crippen LogP contribution < -0.4 is 5.32 Å². The maximum Gasteiger partial charge on any atom is 0.257 e. The number of halogens is 2. The zero-order valence-corrected chi connectivity index (χ0v) is 9.30. The lowest BCUT2D eigenvalue weighted by Crippen LogP contribution is -2.26. The maximum absolute atomic E-state index is 13.2. The second-order valence-corrected chi connectivity index (χ2v) is 3.51. The van der Waals surface area contributed by atoms with Gasteiger partial charge in [-0.2, -0.15) is 0 Å². The van der Waals surface area contributed by atoms with Crippen LogP contribution in [0.1, 0.15) is 29.6 Å². The van der Waals surface area contributed by atoms with Gasteiger partial charge < -0.3 is 5.32 Å². The monoisotopic (exact) mass is 237 g/mol. The standard InChI is InChI=1S/C13H13F2NO/c1-2-3-4-5-9-16-13(17)12-10(14)7-6-8-11(12)15/h1,6-8H,3-5,9H2,(H,16,17). The van der Waals surface area contributed by atoms with Crippen LogP contribution in [0.5, 0.6) is 0 Å². The smallest absolute Gasteiger partial charge is 0.257 e. The van der Waals surface area contributed by atoms with Gasteiger partial charge in [-0.3, -0.25) is 4.79 Å². The number of hydrogen-bond donors (Lipinski definition) is 1. The average Bonchev–Trinajstić information content (AvgIpc) is 2.28. The van der Waals surface area contributed by atoms with Crippen LogP contribution in [0.2, 0.25) is 0 Å². The Balaban J connectivity index is 2.51. The Kier molecular flexibility index (Phi) is 5.15. The summed E-state index contributed by atoms with van der Waals surface area (Å²) in [5, 5.41) is 2.45. The van der Waals surface area contributed by atoms with E-state index in [0.717, 1.165) is 18.6 Å². The quantitative estimate of drug-likeness (QED) is 0.618. The average molecular weight is 237 g/mol. The number of carbonyl (C=O) groups is 1. The van der Waals surface area contributed by atoms with Gasteiger partial charge in [0, 0.05) is 13.0 Å². The first-order chi connectivity index (χ1) is 8.16. The third kappa shape index (κ3) is 3.87. The molecule has 17 heavy (non-hydrogen) atoms. The molecule has 1 aromatic carbocycles. The van der Waals surface area contributed by atoms with Crippen molar-refractivity contribution in [2.75, 3.05) is 6.54 Å². The summed E-state index contributed by atoms with van der Waals surface area (Å²) in [6.07, 6.45) is 7.15. The molecule has 1 N–H and O–H groups in total. The van der Waals surface area contributed by atoms with E-state index < -0.39 is 23.1 Å². The molecule has 0 fully saturated rings. The van der Waals surface area contributed by atoms with Crippen LogP contribution in [-0.2, 0) is 0 Å². The highest BCUT2D eigenvalue weighted by Crippen LogP contribution is 2.11. The van der Waals surface area contributed by atoms with Crippen molar-refractivity contribution in [3.8, 4) is 12.3 Å². The molecular weight excluding hydrogens is 224 g/mol. The van der Waals surface area contributed by atoms with Gasteiger partial charge in [-0.25, -0.2) is 8.78 Å². The zero-order chi connectivity index (χ0) is 12.7. The summed E-state index contributed by atoms with van der Waals surface area (Å²) in [6.45, 7) is 0.355. The number of benzene rings is 1. The Morgan fingerprint density at radius 1 is 1.29 bits per heavy atom. The van der Waals surface area contributed by atoms with Crippen molar-refractivity contribution in [1.29, 1.82) is 0 Å². The molecule has 0 aromatic heterocycles. The molecule has 0 unspecified atom stereocenters. The first-order valence-corrected chi connectivity index (χ1v) is 5.32. The van der Waals surface area contributed by atoms with Crippen molar-refractivity contribution >= 4 is 5.91 Å². The molecule has 0 spiro atoms. The van der Waals surface area contributed by atoms with Crippen LogP contribution >= 0.6 is 0 Å². The van der Waals surface area contributed by atoms with Crippen molar-refractivity contribution in [3.05, 3.63) is 35.4 Å². The summed E-state index contributed by atoms with van der Waals surface area (Å²) in [7, 11) is 0. The van der Waals surface area contributed by atoms with Crippen molar-refractivity contribution in [2.24, 2.45) is 0 Å². The van der Waals surface area contributed by atoms with Gasteiger partial charge in [-0.15, -0.1) is 12.3 Å². The minimum absolute atomic E-state index is 0.355. The van der Waals surface area contributed by atoms with Crippen molar-refractivity contribution < 1.29 is 13.6 Å². The maximum atomic E-state index is 13.2. The predicted octanol–water partition coefficient (Wildman–Crippen LogP) is 2.50. The number of rotatable bonds is 5. The molecule has 1 rings (SSSR count). The Bertz CT molecular complexity index is 417. The van der Waals surface area contributed by atoms with E-state index in [9.17, 15) is 13.6 Å². The molecule has 0 radical (unpaired) electrons. The molecular formula is C13H13F2NO. The summed E-state index contributed by atoms with van der Waals surface area (Å²) in [5.41, 5.74) is -0.538. The van der Waals surface area contributed by atoms with E-state index >= 15 is 0 Å². The molecule has 0 atom stereocenters. The summed E-state index contributed by atoms with van der Waals surface area (Å²) < 4.78 is 26.4. The largest absolute Gasteiger partial charge is 0.352 e. The zero-order valence-electron chi connectivity index (χ0n) is 9.30. The first-order valence-electron chi connectivity index (χ1n) is 5.32. The molecule has 0 saturated heterocycles. The minimum atomic E-state index is -0.855. The molecule has 0 bridgehead atoms. The van der Waals surface area contributed by atoms with Crippen LogP contribution in [0, 0.1) is 24.0 Å². The fraction of sp³-hybridized carbons (Fsp3) is 0.308. The third-order valence-corrected chi connectivity index (χ3v) is 2.22. The SMILES string of the molecule is C#CCCCCNC(=O)c1c(F)cccc1F. The number of amides is 1. The van der Waals surface area contributed by atoms with Crippen molar-refractivity contribution in [1.82, 2.24) is 5.32 Å². The molecule has 0 heterocycles. The molecule has 0 saturated carbocycles. The normalized spacial score (nSPS) is 9.71. The van der Waals surface area contributed by atoms with E-state index in [1.807, 2.05) is 0 Å². The van der Waals surface area contributed by atoms with Gasteiger partial charge in [0.25, 0.3) is 5.91 Å². The van der Waals surface area contributed by atoms with E-state index in [1.165, 1.54) is 6.07 Å². The molecule has 90 valence electrons. The van der Waals surface area contributed by atoms with Gasteiger partial charge in [0.1, 0.15) is 17.2 Å². The van der Waals surface area contributed by atoms with E-state index in [-0.39, 0.29) is 0 Å².